The van der Waals surface area contributed by atoms with Crippen LogP contribution in [0.15, 0.2) is 48.7 Å². The molecule has 2 aromatic heterocycles. The van der Waals surface area contributed by atoms with E-state index in [-0.39, 0.29) is 5.91 Å². The first kappa shape index (κ1) is 22.9. The summed E-state index contributed by atoms with van der Waals surface area (Å²) in [5.41, 5.74) is 2.74. The van der Waals surface area contributed by atoms with Crippen molar-refractivity contribution in [2.24, 2.45) is 5.92 Å². The largest absolute Gasteiger partial charge is 0.491 e. The van der Waals surface area contributed by atoms with Crippen molar-refractivity contribution >= 4 is 16.9 Å². The molecular weight excluding hydrogens is 428 g/mol. The van der Waals surface area contributed by atoms with Gasteiger partial charge < -0.3 is 19.4 Å². The van der Waals surface area contributed by atoms with Crippen molar-refractivity contribution in [3.05, 3.63) is 59.9 Å². The fourth-order valence-corrected chi connectivity index (χ4v) is 5.00. The van der Waals surface area contributed by atoms with Crippen LogP contribution in [0.1, 0.15) is 35.3 Å². The molecule has 7 heteroatoms. The van der Waals surface area contributed by atoms with Crippen LogP contribution in [-0.2, 0) is 11.2 Å². The molecule has 2 aliphatic rings. The Morgan fingerprint density at radius 1 is 1.06 bits per heavy atom. The molecule has 0 aliphatic carbocycles. The molecule has 2 saturated heterocycles. The maximum Gasteiger partial charge on any atom is 0.257 e. The van der Waals surface area contributed by atoms with Gasteiger partial charge in [-0.1, -0.05) is 12.1 Å². The minimum absolute atomic E-state index is 0.0774. The first-order valence-electron chi connectivity index (χ1n) is 12.5. The van der Waals surface area contributed by atoms with Gasteiger partial charge in [-0.3, -0.25) is 9.69 Å². The Balaban J connectivity index is 1.17. The summed E-state index contributed by atoms with van der Waals surface area (Å²) in [6, 6.07) is 14.0. The number of aromatic amines is 1. The van der Waals surface area contributed by atoms with Crippen LogP contribution in [0.5, 0.6) is 5.75 Å². The van der Waals surface area contributed by atoms with Gasteiger partial charge in [0.15, 0.2) is 0 Å². The van der Waals surface area contributed by atoms with E-state index in [1.807, 2.05) is 41.4 Å². The Labute approximate surface area is 201 Å². The Kier molecular flexibility index (Phi) is 7.41. The summed E-state index contributed by atoms with van der Waals surface area (Å²) in [5.74, 6) is 1.30. The van der Waals surface area contributed by atoms with Crippen LogP contribution in [0, 0.1) is 5.92 Å². The SMILES string of the molecule is O=C(c1ccccc1OCCN1CCOCC1)N1CCC[C@H](Cc2ccc3cc[nH]c3n2)CC1. The number of benzene rings is 1. The number of hydrogen-bond donors (Lipinski definition) is 1. The maximum absolute atomic E-state index is 13.4. The predicted octanol–water partition coefficient (Wildman–Crippen LogP) is 3.76. The van der Waals surface area contributed by atoms with Gasteiger partial charge in [-0.05, 0) is 61.9 Å². The average molecular weight is 463 g/mol. The van der Waals surface area contributed by atoms with E-state index >= 15 is 0 Å². The van der Waals surface area contributed by atoms with Gasteiger partial charge in [-0.2, -0.15) is 0 Å². The topological polar surface area (TPSA) is 70.7 Å². The van der Waals surface area contributed by atoms with Gasteiger partial charge in [0.2, 0.25) is 0 Å². The number of morpholine rings is 1. The molecule has 1 atom stereocenters. The molecule has 0 bridgehead atoms. The van der Waals surface area contributed by atoms with E-state index in [1.165, 1.54) is 0 Å². The van der Waals surface area contributed by atoms with Crippen molar-refractivity contribution in [3.63, 3.8) is 0 Å². The lowest BCUT2D eigenvalue weighted by atomic mass is 9.95. The van der Waals surface area contributed by atoms with Gasteiger partial charge in [0.1, 0.15) is 18.0 Å². The summed E-state index contributed by atoms with van der Waals surface area (Å²) in [6.07, 6.45) is 6.02. The van der Waals surface area contributed by atoms with Crippen molar-refractivity contribution in [2.45, 2.75) is 25.7 Å². The number of fused-ring (bicyclic) bond motifs is 1. The molecule has 3 aromatic rings. The standard InChI is InChI=1S/C27H34N4O3/c32-27(24-5-1-2-6-25(24)34-19-16-30-14-17-33-18-15-30)31-12-3-4-21(10-13-31)20-23-8-7-22-9-11-28-26(22)29-23/h1-2,5-9,11,21H,3-4,10,12-20H2,(H,28,29)/t21-/m0/s1. The highest BCUT2D eigenvalue weighted by Crippen LogP contribution is 2.25. The zero-order valence-corrected chi connectivity index (χ0v) is 19.7. The molecule has 0 radical (unpaired) electrons. The van der Waals surface area contributed by atoms with Crippen LogP contribution in [0.25, 0.3) is 11.0 Å². The van der Waals surface area contributed by atoms with Gasteiger partial charge in [0.05, 0.1) is 18.8 Å². The molecule has 7 nitrogen and oxygen atoms in total. The van der Waals surface area contributed by atoms with Crippen LogP contribution >= 0.6 is 0 Å². The molecule has 1 amide bonds. The number of pyridine rings is 1. The first-order chi connectivity index (χ1) is 16.8. The minimum atomic E-state index is 0.0774. The van der Waals surface area contributed by atoms with E-state index in [2.05, 4.69) is 22.0 Å². The molecule has 1 aromatic carbocycles. The van der Waals surface area contributed by atoms with Gasteiger partial charge in [0, 0.05) is 50.0 Å². The van der Waals surface area contributed by atoms with Crippen molar-refractivity contribution in [2.75, 3.05) is 52.5 Å². The zero-order chi connectivity index (χ0) is 23.2. The van der Waals surface area contributed by atoms with E-state index in [0.29, 0.717) is 23.8 Å². The second-order valence-corrected chi connectivity index (χ2v) is 9.31. The molecule has 180 valence electrons. The molecule has 2 aliphatic heterocycles. The normalized spacial score (nSPS) is 19.8. The minimum Gasteiger partial charge on any atom is -0.491 e. The second-order valence-electron chi connectivity index (χ2n) is 9.31. The van der Waals surface area contributed by atoms with E-state index in [1.54, 1.807) is 0 Å². The number of aromatic nitrogens is 2. The average Bonchev–Trinajstić information content (AvgIpc) is 3.22. The number of amides is 1. The Bertz CT molecular complexity index is 1090. The van der Waals surface area contributed by atoms with Gasteiger partial charge in [-0.25, -0.2) is 4.98 Å². The number of nitrogens with zero attached hydrogens (tertiary/aromatic N) is 3. The fraction of sp³-hybridized carbons (Fsp3) is 0.481. The number of likely N-dealkylation sites (tertiary alicyclic amines) is 1. The number of H-pyrrole nitrogens is 1. The van der Waals surface area contributed by atoms with Crippen LogP contribution in [0.3, 0.4) is 0 Å². The summed E-state index contributed by atoms with van der Waals surface area (Å²) in [5, 5.41) is 1.15. The zero-order valence-electron chi connectivity index (χ0n) is 19.7. The lowest BCUT2D eigenvalue weighted by molar-refractivity contribution is 0.0321. The lowest BCUT2D eigenvalue weighted by Gasteiger charge is -2.26. The molecule has 34 heavy (non-hydrogen) atoms. The molecular formula is C27H34N4O3. The van der Waals surface area contributed by atoms with Crippen molar-refractivity contribution in [3.8, 4) is 5.75 Å². The predicted molar refractivity (Wildman–Crippen MR) is 132 cm³/mol. The second kappa shape index (κ2) is 11.0. The Morgan fingerprint density at radius 3 is 2.85 bits per heavy atom. The number of para-hydroxylation sites is 1. The molecule has 5 rings (SSSR count). The Hall–Kier alpha value is -2.90. The van der Waals surface area contributed by atoms with Gasteiger partial charge in [0.25, 0.3) is 5.91 Å². The first-order valence-corrected chi connectivity index (χ1v) is 12.5. The van der Waals surface area contributed by atoms with Crippen LogP contribution in [-0.4, -0.2) is 78.2 Å². The van der Waals surface area contributed by atoms with E-state index < -0.39 is 0 Å². The number of carbonyl (C=O) groups is 1. The number of nitrogens with one attached hydrogen (secondary N) is 1. The van der Waals surface area contributed by atoms with Crippen LogP contribution in [0.2, 0.25) is 0 Å². The summed E-state index contributed by atoms with van der Waals surface area (Å²) in [4.78, 5) is 25.7. The monoisotopic (exact) mass is 462 g/mol. The lowest BCUT2D eigenvalue weighted by Crippen LogP contribution is -2.38. The van der Waals surface area contributed by atoms with Gasteiger partial charge in [-0.15, -0.1) is 0 Å². The molecule has 0 saturated carbocycles. The van der Waals surface area contributed by atoms with Crippen molar-refractivity contribution in [1.29, 1.82) is 0 Å². The summed E-state index contributed by atoms with van der Waals surface area (Å²) < 4.78 is 11.5. The van der Waals surface area contributed by atoms with E-state index in [4.69, 9.17) is 14.5 Å². The molecule has 2 fully saturated rings. The summed E-state index contributed by atoms with van der Waals surface area (Å²) >= 11 is 0. The smallest absolute Gasteiger partial charge is 0.257 e. The van der Waals surface area contributed by atoms with E-state index in [9.17, 15) is 4.79 Å². The third-order valence-corrected chi connectivity index (χ3v) is 6.99. The molecule has 1 N–H and O–H groups in total. The summed E-state index contributed by atoms with van der Waals surface area (Å²) in [6.45, 7) is 6.42. The van der Waals surface area contributed by atoms with Crippen LogP contribution in [0.4, 0.5) is 0 Å². The third kappa shape index (κ3) is 5.59. The van der Waals surface area contributed by atoms with Gasteiger partial charge >= 0.3 is 0 Å². The fourth-order valence-electron chi connectivity index (χ4n) is 5.00. The van der Waals surface area contributed by atoms with Crippen molar-refractivity contribution < 1.29 is 14.3 Å². The molecule has 0 spiro atoms. The van der Waals surface area contributed by atoms with Crippen molar-refractivity contribution in [1.82, 2.24) is 19.8 Å². The number of carbonyl (C=O) groups excluding carboxylic acids is 1. The molecule has 0 unspecified atom stereocenters. The highest BCUT2D eigenvalue weighted by molar-refractivity contribution is 5.97. The highest BCUT2D eigenvalue weighted by Gasteiger charge is 2.24. The third-order valence-electron chi connectivity index (χ3n) is 6.99. The summed E-state index contributed by atoms with van der Waals surface area (Å²) in [7, 11) is 0. The Morgan fingerprint density at radius 2 is 1.94 bits per heavy atom. The number of ether oxygens (including phenoxy) is 2. The number of hydrogen-bond acceptors (Lipinski definition) is 5. The van der Waals surface area contributed by atoms with E-state index in [0.717, 1.165) is 88.3 Å². The quantitative estimate of drug-likeness (QED) is 0.579. The highest BCUT2D eigenvalue weighted by atomic mass is 16.5. The number of rotatable bonds is 7. The maximum atomic E-state index is 13.4. The van der Waals surface area contributed by atoms with Crippen LogP contribution < -0.4 is 4.74 Å². The molecule has 4 heterocycles.